The van der Waals surface area contributed by atoms with Crippen LogP contribution in [0.2, 0.25) is 0 Å². The average Bonchev–Trinajstić information content (AvgIpc) is 2.89. The molecule has 4 N–H and O–H groups in total. The van der Waals surface area contributed by atoms with Crippen molar-refractivity contribution in [3.63, 3.8) is 0 Å². The molecular formula is C11H12N4O2. The van der Waals surface area contributed by atoms with E-state index in [0.29, 0.717) is 5.69 Å². The van der Waals surface area contributed by atoms with E-state index in [1.54, 1.807) is 22.9 Å². The van der Waals surface area contributed by atoms with Gasteiger partial charge in [0.1, 0.15) is 17.7 Å². The molecule has 0 spiro atoms. The summed E-state index contributed by atoms with van der Waals surface area (Å²) in [6, 6.07) is 8.69. The van der Waals surface area contributed by atoms with E-state index < -0.39 is 0 Å². The maximum absolute atomic E-state index is 9.25. The van der Waals surface area contributed by atoms with Gasteiger partial charge in [-0.05, 0) is 17.7 Å². The molecule has 2 aromatic rings. The number of nitrogens with zero attached hydrogens (tertiary/aromatic N) is 2. The zero-order valence-corrected chi connectivity index (χ0v) is 8.96. The van der Waals surface area contributed by atoms with Gasteiger partial charge in [0.25, 0.3) is 0 Å². The predicted octanol–water partition coefficient (Wildman–Crippen LogP) is 0.558. The van der Waals surface area contributed by atoms with Crippen molar-refractivity contribution in [3.05, 3.63) is 41.6 Å². The fourth-order valence-electron chi connectivity index (χ4n) is 1.90. The van der Waals surface area contributed by atoms with Crippen LogP contribution in [0.3, 0.4) is 0 Å². The van der Waals surface area contributed by atoms with E-state index in [9.17, 15) is 5.11 Å². The molecule has 88 valence electrons. The zero-order chi connectivity index (χ0) is 11.8. The van der Waals surface area contributed by atoms with Crippen molar-refractivity contribution in [1.29, 1.82) is 0 Å². The molecule has 0 aliphatic carbocycles. The van der Waals surface area contributed by atoms with E-state index in [2.05, 4.69) is 16.0 Å². The summed E-state index contributed by atoms with van der Waals surface area (Å²) in [5.74, 6) is 1.04. The molecule has 17 heavy (non-hydrogen) atoms. The summed E-state index contributed by atoms with van der Waals surface area (Å²) in [5.41, 5.74) is 7.67. The van der Waals surface area contributed by atoms with Gasteiger partial charge in [-0.3, -0.25) is 0 Å². The standard InChI is InChI=1S/C11H12N4O2/c16-6-8-5-10-12-13-11(15(10)14-8)7-1-3-9(17)4-2-7/h1-5,11-13,16-17H,6H2. The maximum atomic E-state index is 9.25. The molecule has 2 heterocycles. The molecule has 1 aromatic heterocycles. The third-order valence-corrected chi connectivity index (χ3v) is 2.74. The summed E-state index contributed by atoms with van der Waals surface area (Å²) >= 11 is 0. The second-order valence-corrected chi connectivity index (χ2v) is 3.89. The number of hydrogen-bond donors (Lipinski definition) is 4. The Balaban J connectivity index is 1.97. The Morgan fingerprint density at radius 3 is 2.76 bits per heavy atom. The van der Waals surface area contributed by atoms with Gasteiger partial charge in [-0.15, -0.1) is 0 Å². The Morgan fingerprint density at radius 1 is 1.29 bits per heavy atom. The Hall–Kier alpha value is -2.05. The number of rotatable bonds is 2. The van der Waals surface area contributed by atoms with Crippen LogP contribution >= 0.6 is 0 Å². The van der Waals surface area contributed by atoms with Gasteiger partial charge in [-0.25, -0.2) is 10.1 Å². The first kappa shape index (κ1) is 10.1. The highest BCUT2D eigenvalue weighted by Crippen LogP contribution is 2.26. The first-order valence-corrected chi connectivity index (χ1v) is 5.27. The van der Waals surface area contributed by atoms with Crippen LogP contribution < -0.4 is 10.9 Å². The fraction of sp³-hybridized carbons (Fsp3) is 0.182. The van der Waals surface area contributed by atoms with Gasteiger partial charge in [0.15, 0.2) is 0 Å². The van der Waals surface area contributed by atoms with Crippen LogP contribution in [-0.4, -0.2) is 20.0 Å². The molecule has 0 saturated heterocycles. The number of nitrogens with one attached hydrogen (secondary N) is 2. The van der Waals surface area contributed by atoms with Gasteiger partial charge >= 0.3 is 0 Å². The van der Waals surface area contributed by atoms with E-state index in [1.165, 1.54) is 0 Å². The van der Waals surface area contributed by atoms with Crippen LogP contribution in [0.5, 0.6) is 5.75 Å². The predicted molar refractivity (Wildman–Crippen MR) is 61.2 cm³/mol. The number of phenols is 1. The lowest BCUT2D eigenvalue weighted by molar-refractivity contribution is 0.274. The Morgan fingerprint density at radius 2 is 2.06 bits per heavy atom. The third-order valence-electron chi connectivity index (χ3n) is 2.74. The third kappa shape index (κ3) is 1.63. The van der Waals surface area contributed by atoms with Crippen molar-refractivity contribution >= 4 is 5.82 Å². The molecule has 0 bridgehead atoms. The number of fused-ring (bicyclic) bond motifs is 1. The van der Waals surface area contributed by atoms with Crippen LogP contribution in [0.25, 0.3) is 0 Å². The minimum Gasteiger partial charge on any atom is -0.508 e. The first-order chi connectivity index (χ1) is 8.28. The van der Waals surface area contributed by atoms with Gasteiger partial charge in [0.05, 0.1) is 12.3 Å². The monoisotopic (exact) mass is 232 g/mol. The largest absolute Gasteiger partial charge is 0.508 e. The van der Waals surface area contributed by atoms with Crippen molar-refractivity contribution in [2.75, 3.05) is 5.43 Å². The number of hydrogen-bond acceptors (Lipinski definition) is 5. The fourth-order valence-corrected chi connectivity index (χ4v) is 1.90. The van der Waals surface area contributed by atoms with Crippen molar-refractivity contribution in [2.24, 2.45) is 0 Å². The van der Waals surface area contributed by atoms with Crippen molar-refractivity contribution in [3.8, 4) is 5.75 Å². The Labute approximate surface area is 97.5 Å². The van der Waals surface area contributed by atoms with Crippen molar-refractivity contribution in [2.45, 2.75) is 12.8 Å². The molecule has 6 nitrogen and oxygen atoms in total. The minimum atomic E-state index is -0.133. The molecule has 6 heteroatoms. The molecule has 0 amide bonds. The smallest absolute Gasteiger partial charge is 0.146 e. The Kier molecular flexibility index (Phi) is 2.24. The van der Waals surface area contributed by atoms with Crippen LogP contribution in [-0.2, 0) is 6.61 Å². The lowest BCUT2D eigenvalue weighted by Gasteiger charge is -2.11. The molecule has 1 aliphatic rings. The number of anilines is 1. The van der Waals surface area contributed by atoms with Gasteiger partial charge in [0.2, 0.25) is 0 Å². The normalized spacial score (nSPS) is 17.8. The van der Waals surface area contributed by atoms with Crippen LogP contribution in [0.4, 0.5) is 5.82 Å². The topological polar surface area (TPSA) is 82.3 Å². The lowest BCUT2D eigenvalue weighted by atomic mass is 10.2. The van der Waals surface area contributed by atoms with Crippen molar-refractivity contribution < 1.29 is 10.2 Å². The summed E-state index contributed by atoms with van der Waals surface area (Å²) in [5, 5.41) is 22.5. The highest BCUT2D eigenvalue weighted by atomic mass is 16.3. The summed E-state index contributed by atoms with van der Waals surface area (Å²) in [6.45, 7) is -0.0794. The number of aliphatic hydroxyl groups excluding tert-OH is 1. The average molecular weight is 232 g/mol. The maximum Gasteiger partial charge on any atom is 0.146 e. The molecule has 0 fully saturated rings. The summed E-state index contributed by atoms with van der Waals surface area (Å²) in [7, 11) is 0. The highest BCUT2D eigenvalue weighted by Gasteiger charge is 2.24. The van der Waals surface area contributed by atoms with Crippen molar-refractivity contribution in [1.82, 2.24) is 15.2 Å². The van der Waals surface area contributed by atoms with Gasteiger partial charge in [0, 0.05) is 6.07 Å². The molecule has 0 radical (unpaired) electrons. The molecule has 1 aromatic carbocycles. The quantitative estimate of drug-likeness (QED) is 0.608. The molecule has 1 aliphatic heterocycles. The first-order valence-electron chi connectivity index (χ1n) is 5.27. The second-order valence-electron chi connectivity index (χ2n) is 3.89. The van der Waals surface area contributed by atoms with Gasteiger partial charge in [-0.1, -0.05) is 12.1 Å². The van der Waals surface area contributed by atoms with Gasteiger partial charge in [-0.2, -0.15) is 5.10 Å². The number of aromatic hydroxyl groups is 1. The summed E-state index contributed by atoms with van der Waals surface area (Å²) in [4.78, 5) is 0. The molecular weight excluding hydrogens is 220 g/mol. The number of phenolic OH excluding ortho intramolecular Hbond substituents is 1. The van der Waals surface area contributed by atoms with E-state index in [-0.39, 0.29) is 18.5 Å². The summed E-state index contributed by atoms with van der Waals surface area (Å²) in [6.07, 6.45) is -0.133. The second kappa shape index (κ2) is 3.76. The Bertz CT molecular complexity index is 535. The van der Waals surface area contributed by atoms with Gasteiger partial charge < -0.3 is 15.6 Å². The SMILES string of the molecule is OCc1cc2n(n1)C(c1ccc(O)cc1)NN2. The highest BCUT2D eigenvalue weighted by molar-refractivity contribution is 5.42. The van der Waals surface area contributed by atoms with Crippen LogP contribution in [0, 0.1) is 0 Å². The number of aliphatic hydroxyl groups is 1. The van der Waals surface area contributed by atoms with E-state index >= 15 is 0 Å². The van der Waals surface area contributed by atoms with E-state index in [0.717, 1.165) is 11.4 Å². The van der Waals surface area contributed by atoms with E-state index in [1.807, 2.05) is 12.1 Å². The number of benzene rings is 1. The van der Waals surface area contributed by atoms with Crippen LogP contribution in [0.15, 0.2) is 30.3 Å². The summed E-state index contributed by atoms with van der Waals surface area (Å²) < 4.78 is 1.76. The molecule has 1 atom stereocenters. The number of hydrazine groups is 1. The molecule has 3 rings (SSSR count). The lowest BCUT2D eigenvalue weighted by Crippen LogP contribution is -2.23. The number of aromatic nitrogens is 2. The molecule has 1 unspecified atom stereocenters. The molecule has 0 saturated carbocycles. The van der Waals surface area contributed by atoms with Crippen LogP contribution in [0.1, 0.15) is 17.4 Å². The zero-order valence-electron chi connectivity index (χ0n) is 8.96. The minimum absolute atomic E-state index is 0.0794. The van der Waals surface area contributed by atoms with E-state index in [4.69, 9.17) is 5.11 Å².